The van der Waals surface area contributed by atoms with E-state index in [0.29, 0.717) is 12.6 Å². The van der Waals surface area contributed by atoms with E-state index < -0.39 is 0 Å². The molecule has 0 aromatic heterocycles. The van der Waals surface area contributed by atoms with E-state index in [1.54, 1.807) is 0 Å². The number of urea groups is 1. The van der Waals surface area contributed by atoms with Crippen molar-refractivity contribution in [1.82, 2.24) is 16.0 Å². The van der Waals surface area contributed by atoms with Gasteiger partial charge in [0.2, 0.25) is 0 Å². The molecule has 1 aliphatic rings. The van der Waals surface area contributed by atoms with Crippen LogP contribution in [0.5, 0.6) is 0 Å². The van der Waals surface area contributed by atoms with Gasteiger partial charge in [-0.1, -0.05) is 0 Å². The zero-order chi connectivity index (χ0) is 9.52. The van der Waals surface area contributed by atoms with Crippen molar-refractivity contribution in [2.24, 2.45) is 0 Å². The summed E-state index contributed by atoms with van der Waals surface area (Å²) in [7, 11) is 0. The first-order chi connectivity index (χ1) is 6.33. The van der Waals surface area contributed by atoms with Crippen LogP contribution in [0.25, 0.3) is 0 Å². The molecular formula is C9H19N3O. The van der Waals surface area contributed by atoms with Crippen LogP contribution < -0.4 is 16.0 Å². The van der Waals surface area contributed by atoms with Gasteiger partial charge >= 0.3 is 6.03 Å². The van der Waals surface area contributed by atoms with Crippen LogP contribution in [0.4, 0.5) is 4.79 Å². The minimum atomic E-state index is -0.0330. The molecule has 0 aromatic rings. The SMILES string of the molecule is CCNC(=O)NC1CCCNCC1. The molecule has 2 amide bonds. The van der Waals surface area contributed by atoms with Gasteiger partial charge in [0.15, 0.2) is 0 Å². The predicted molar refractivity (Wildman–Crippen MR) is 52.7 cm³/mol. The van der Waals surface area contributed by atoms with E-state index in [-0.39, 0.29) is 6.03 Å². The average molecular weight is 185 g/mol. The van der Waals surface area contributed by atoms with Crippen molar-refractivity contribution in [3.05, 3.63) is 0 Å². The van der Waals surface area contributed by atoms with Crippen molar-refractivity contribution in [2.75, 3.05) is 19.6 Å². The van der Waals surface area contributed by atoms with E-state index in [4.69, 9.17) is 0 Å². The molecule has 0 aliphatic carbocycles. The van der Waals surface area contributed by atoms with E-state index in [0.717, 1.165) is 32.4 Å². The fourth-order valence-corrected chi connectivity index (χ4v) is 1.56. The van der Waals surface area contributed by atoms with E-state index >= 15 is 0 Å². The van der Waals surface area contributed by atoms with E-state index in [2.05, 4.69) is 16.0 Å². The largest absolute Gasteiger partial charge is 0.338 e. The Morgan fingerprint density at radius 2 is 2.31 bits per heavy atom. The number of amides is 2. The second-order valence-corrected chi connectivity index (χ2v) is 3.38. The molecule has 0 aromatic carbocycles. The second-order valence-electron chi connectivity index (χ2n) is 3.38. The van der Waals surface area contributed by atoms with Gasteiger partial charge in [-0.3, -0.25) is 0 Å². The van der Waals surface area contributed by atoms with Crippen LogP contribution >= 0.6 is 0 Å². The number of nitrogens with one attached hydrogen (secondary N) is 3. The number of hydrogen-bond donors (Lipinski definition) is 3. The first-order valence-corrected chi connectivity index (χ1v) is 5.08. The van der Waals surface area contributed by atoms with E-state index in [9.17, 15) is 4.79 Å². The normalized spacial score (nSPS) is 23.3. The first-order valence-electron chi connectivity index (χ1n) is 5.08. The van der Waals surface area contributed by atoms with Crippen LogP contribution in [0.1, 0.15) is 26.2 Å². The molecule has 1 fully saturated rings. The Morgan fingerprint density at radius 1 is 1.46 bits per heavy atom. The molecule has 1 rings (SSSR count). The van der Waals surface area contributed by atoms with Gasteiger partial charge in [0, 0.05) is 12.6 Å². The summed E-state index contributed by atoms with van der Waals surface area (Å²) in [5, 5.41) is 9.02. The zero-order valence-electron chi connectivity index (χ0n) is 8.23. The van der Waals surface area contributed by atoms with Crippen molar-refractivity contribution in [2.45, 2.75) is 32.2 Å². The molecule has 1 unspecified atom stereocenters. The lowest BCUT2D eigenvalue weighted by Gasteiger charge is -2.15. The highest BCUT2D eigenvalue weighted by Gasteiger charge is 2.13. The summed E-state index contributed by atoms with van der Waals surface area (Å²) in [5.41, 5.74) is 0. The summed E-state index contributed by atoms with van der Waals surface area (Å²) in [4.78, 5) is 11.2. The summed E-state index contributed by atoms with van der Waals surface area (Å²) >= 11 is 0. The average Bonchev–Trinajstić information content (AvgIpc) is 2.33. The highest BCUT2D eigenvalue weighted by atomic mass is 16.2. The van der Waals surface area contributed by atoms with Gasteiger partial charge in [0.05, 0.1) is 0 Å². The summed E-state index contributed by atoms with van der Waals surface area (Å²) in [6.45, 7) is 4.70. The van der Waals surface area contributed by atoms with Gasteiger partial charge in [0.1, 0.15) is 0 Å². The maximum atomic E-state index is 11.2. The first kappa shape index (κ1) is 10.3. The topological polar surface area (TPSA) is 53.2 Å². The minimum absolute atomic E-state index is 0.0330. The Labute approximate surface area is 79.5 Å². The van der Waals surface area contributed by atoms with Crippen molar-refractivity contribution in [3.8, 4) is 0 Å². The van der Waals surface area contributed by atoms with E-state index in [1.165, 1.54) is 0 Å². The van der Waals surface area contributed by atoms with Crippen molar-refractivity contribution < 1.29 is 4.79 Å². The predicted octanol–water partition coefficient (Wildman–Crippen LogP) is 0.448. The molecule has 0 spiro atoms. The fraction of sp³-hybridized carbons (Fsp3) is 0.889. The summed E-state index contributed by atoms with van der Waals surface area (Å²) in [5.74, 6) is 0. The molecule has 1 aliphatic heterocycles. The van der Waals surface area contributed by atoms with Crippen LogP contribution in [0.2, 0.25) is 0 Å². The molecule has 0 bridgehead atoms. The number of rotatable bonds is 2. The minimum Gasteiger partial charge on any atom is -0.338 e. The highest BCUT2D eigenvalue weighted by Crippen LogP contribution is 2.04. The van der Waals surface area contributed by atoms with Crippen LogP contribution in [0.3, 0.4) is 0 Å². The number of carbonyl (C=O) groups is 1. The molecule has 4 nitrogen and oxygen atoms in total. The summed E-state index contributed by atoms with van der Waals surface area (Å²) in [6, 6.07) is 0.316. The third-order valence-corrected chi connectivity index (χ3v) is 2.25. The maximum absolute atomic E-state index is 11.2. The fourth-order valence-electron chi connectivity index (χ4n) is 1.56. The molecular weight excluding hydrogens is 166 g/mol. The monoisotopic (exact) mass is 185 g/mol. The van der Waals surface area contributed by atoms with Gasteiger partial charge < -0.3 is 16.0 Å². The van der Waals surface area contributed by atoms with Crippen LogP contribution in [-0.2, 0) is 0 Å². The lowest BCUT2D eigenvalue weighted by atomic mass is 10.1. The molecule has 13 heavy (non-hydrogen) atoms. The summed E-state index contributed by atoms with van der Waals surface area (Å²) < 4.78 is 0. The molecule has 4 heteroatoms. The standard InChI is InChI=1S/C9H19N3O/c1-2-11-9(13)12-8-4-3-6-10-7-5-8/h8,10H,2-7H2,1H3,(H2,11,12,13). The smallest absolute Gasteiger partial charge is 0.314 e. The molecule has 0 saturated carbocycles. The highest BCUT2D eigenvalue weighted by molar-refractivity contribution is 5.74. The molecule has 1 heterocycles. The number of carbonyl (C=O) groups excluding carboxylic acids is 1. The van der Waals surface area contributed by atoms with Gasteiger partial charge in [0.25, 0.3) is 0 Å². The molecule has 0 radical (unpaired) electrons. The maximum Gasteiger partial charge on any atom is 0.314 e. The Bertz CT molecular complexity index is 153. The number of hydrogen-bond acceptors (Lipinski definition) is 2. The van der Waals surface area contributed by atoms with Crippen molar-refractivity contribution >= 4 is 6.03 Å². The molecule has 76 valence electrons. The Hall–Kier alpha value is -0.770. The third kappa shape index (κ3) is 4.12. The Kier molecular flexibility index (Phi) is 4.60. The zero-order valence-corrected chi connectivity index (χ0v) is 8.23. The summed E-state index contributed by atoms with van der Waals surface area (Å²) in [6.07, 6.45) is 3.28. The Balaban J connectivity index is 2.21. The van der Waals surface area contributed by atoms with Crippen LogP contribution in [0.15, 0.2) is 0 Å². The van der Waals surface area contributed by atoms with Crippen LogP contribution in [-0.4, -0.2) is 31.7 Å². The van der Waals surface area contributed by atoms with Gasteiger partial charge in [-0.15, -0.1) is 0 Å². The van der Waals surface area contributed by atoms with Crippen molar-refractivity contribution in [1.29, 1.82) is 0 Å². The van der Waals surface area contributed by atoms with Crippen molar-refractivity contribution in [3.63, 3.8) is 0 Å². The van der Waals surface area contributed by atoms with Gasteiger partial charge in [-0.25, -0.2) is 4.79 Å². The molecule has 3 N–H and O–H groups in total. The van der Waals surface area contributed by atoms with Gasteiger partial charge in [-0.05, 0) is 39.3 Å². The second kappa shape index (κ2) is 5.80. The van der Waals surface area contributed by atoms with E-state index in [1.807, 2.05) is 6.92 Å². The lowest BCUT2D eigenvalue weighted by Crippen LogP contribution is -2.42. The molecule has 1 atom stereocenters. The Morgan fingerprint density at radius 3 is 3.08 bits per heavy atom. The lowest BCUT2D eigenvalue weighted by molar-refractivity contribution is 0.236. The quantitative estimate of drug-likeness (QED) is 0.585. The van der Waals surface area contributed by atoms with Crippen LogP contribution in [0, 0.1) is 0 Å². The third-order valence-electron chi connectivity index (χ3n) is 2.25. The molecule has 1 saturated heterocycles. The van der Waals surface area contributed by atoms with Gasteiger partial charge in [-0.2, -0.15) is 0 Å².